The summed E-state index contributed by atoms with van der Waals surface area (Å²) in [5.74, 6) is 0.100. The first-order valence-electron chi connectivity index (χ1n) is 6.89. The van der Waals surface area contributed by atoms with Crippen LogP contribution in [-0.4, -0.2) is 43.5 Å². The Kier molecular flexibility index (Phi) is 10.2. The van der Waals surface area contributed by atoms with Gasteiger partial charge in [-0.15, -0.1) is 0 Å². The summed E-state index contributed by atoms with van der Waals surface area (Å²) in [6.07, 6.45) is 3.05. The molecule has 0 heterocycles. The van der Waals surface area contributed by atoms with E-state index < -0.39 is 0 Å². The molecule has 0 aromatic carbocycles. The van der Waals surface area contributed by atoms with E-state index in [0.717, 1.165) is 45.4 Å². The number of nitrogens with zero attached hydrogens (tertiary/aromatic N) is 1. The van der Waals surface area contributed by atoms with Gasteiger partial charge in [-0.25, -0.2) is 0 Å². The van der Waals surface area contributed by atoms with Crippen LogP contribution in [0.25, 0.3) is 0 Å². The maximum Gasteiger partial charge on any atom is 0.224 e. The van der Waals surface area contributed by atoms with Gasteiger partial charge >= 0.3 is 0 Å². The number of nitrogens with one attached hydrogen (secondary N) is 1. The fourth-order valence-electron chi connectivity index (χ4n) is 1.93. The first-order valence-corrected chi connectivity index (χ1v) is 6.89. The van der Waals surface area contributed by atoms with Gasteiger partial charge in [-0.1, -0.05) is 27.2 Å². The molecule has 0 aliphatic carbocycles. The summed E-state index contributed by atoms with van der Waals surface area (Å²) in [7, 11) is 0. The SMILES string of the molecule is CCCC(CN)C(=O)NCCN(CC)CCC. The molecular weight excluding hydrogens is 214 g/mol. The zero-order valence-corrected chi connectivity index (χ0v) is 11.7. The molecule has 17 heavy (non-hydrogen) atoms. The fourth-order valence-corrected chi connectivity index (χ4v) is 1.93. The van der Waals surface area contributed by atoms with E-state index in [1.165, 1.54) is 0 Å². The minimum absolute atomic E-state index is 0.0127. The van der Waals surface area contributed by atoms with E-state index >= 15 is 0 Å². The molecule has 0 spiro atoms. The molecule has 1 atom stereocenters. The molecule has 0 aromatic rings. The molecule has 3 N–H and O–H groups in total. The first-order chi connectivity index (χ1) is 8.19. The Morgan fingerprint density at radius 2 is 1.94 bits per heavy atom. The molecule has 0 bridgehead atoms. The minimum Gasteiger partial charge on any atom is -0.355 e. The third-order valence-corrected chi connectivity index (χ3v) is 3.01. The third-order valence-electron chi connectivity index (χ3n) is 3.01. The Morgan fingerprint density at radius 3 is 2.41 bits per heavy atom. The maximum absolute atomic E-state index is 11.8. The molecule has 1 unspecified atom stereocenters. The zero-order chi connectivity index (χ0) is 13.1. The molecule has 0 saturated carbocycles. The summed E-state index contributed by atoms with van der Waals surface area (Å²) in [4.78, 5) is 14.1. The van der Waals surface area contributed by atoms with Gasteiger partial charge in [0.05, 0.1) is 5.92 Å². The summed E-state index contributed by atoms with van der Waals surface area (Å²) in [5, 5.41) is 2.98. The van der Waals surface area contributed by atoms with Crippen LogP contribution in [0.1, 0.15) is 40.0 Å². The van der Waals surface area contributed by atoms with E-state index in [1.807, 2.05) is 0 Å². The lowest BCUT2D eigenvalue weighted by atomic mass is 10.0. The Bertz CT molecular complexity index is 197. The van der Waals surface area contributed by atoms with Crippen molar-refractivity contribution in [2.24, 2.45) is 11.7 Å². The van der Waals surface area contributed by atoms with E-state index in [0.29, 0.717) is 6.54 Å². The van der Waals surface area contributed by atoms with Crippen molar-refractivity contribution in [3.05, 3.63) is 0 Å². The summed E-state index contributed by atoms with van der Waals surface area (Å²) < 4.78 is 0. The molecule has 0 fully saturated rings. The Balaban J connectivity index is 3.81. The van der Waals surface area contributed by atoms with E-state index in [1.54, 1.807) is 0 Å². The Morgan fingerprint density at radius 1 is 1.24 bits per heavy atom. The molecule has 4 heteroatoms. The number of likely N-dealkylation sites (N-methyl/N-ethyl adjacent to an activating group) is 1. The lowest BCUT2D eigenvalue weighted by Gasteiger charge is -2.20. The summed E-state index contributed by atoms with van der Waals surface area (Å²) in [5.41, 5.74) is 5.59. The predicted molar refractivity (Wildman–Crippen MR) is 72.9 cm³/mol. The standard InChI is InChI=1S/C13H29N3O/c1-4-7-12(11-14)13(17)15-8-10-16(6-3)9-5-2/h12H,4-11,14H2,1-3H3,(H,15,17). The van der Waals surface area contributed by atoms with Crippen LogP contribution < -0.4 is 11.1 Å². The highest BCUT2D eigenvalue weighted by Gasteiger charge is 2.14. The van der Waals surface area contributed by atoms with Crippen molar-refractivity contribution in [1.29, 1.82) is 0 Å². The van der Waals surface area contributed by atoms with Gasteiger partial charge in [0.1, 0.15) is 0 Å². The van der Waals surface area contributed by atoms with Gasteiger partial charge in [0.2, 0.25) is 5.91 Å². The van der Waals surface area contributed by atoms with Crippen molar-refractivity contribution in [2.75, 3.05) is 32.7 Å². The lowest BCUT2D eigenvalue weighted by Crippen LogP contribution is -2.40. The molecule has 0 aromatic heterocycles. The highest BCUT2D eigenvalue weighted by atomic mass is 16.1. The van der Waals surface area contributed by atoms with Gasteiger partial charge in [0.25, 0.3) is 0 Å². The second kappa shape index (κ2) is 10.5. The predicted octanol–water partition coefficient (Wildman–Crippen LogP) is 1.21. The lowest BCUT2D eigenvalue weighted by molar-refractivity contribution is -0.124. The van der Waals surface area contributed by atoms with Gasteiger partial charge in [0.15, 0.2) is 0 Å². The normalized spacial score (nSPS) is 12.8. The molecule has 102 valence electrons. The van der Waals surface area contributed by atoms with Crippen LogP contribution in [-0.2, 0) is 4.79 Å². The van der Waals surface area contributed by atoms with Crippen molar-refractivity contribution in [1.82, 2.24) is 10.2 Å². The van der Waals surface area contributed by atoms with Crippen LogP contribution in [0.2, 0.25) is 0 Å². The largest absolute Gasteiger partial charge is 0.355 e. The van der Waals surface area contributed by atoms with Crippen LogP contribution in [0, 0.1) is 5.92 Å². The summed E-state index contributed by atoms with van der Waals surface area (Å²) in [6.45, 7) is 10.7. The summed E-state index contributed by atoms with van der Waals surface area (Å²) in [6, 6.07) is 0. The number of amides is 1. The number of carbonyl (C=O) groups is 1. The molecule has 1 amide bonds. The van der Waals surface area contributed by atoms with Gasteiger partial charge in [0, 0.05) is 19.6 Å². The molecule has 0 aliphatic rings. The van der Waals surface area contributed by atoms with E-state index in [9.17, 15) is 4.79 Å². The van der Waals surface area contributed by atoms with E-state index in [4.69, 9.17) is 5.73 Å². The molecule has 0 radical (unpaired) electrons. The molecule has 0 rings (SSSR count). The van der Waals surface area contributed by atoms with Crippen LogP contribution in [0.15, 0.2) is 0 Å². The number of nitrogens with two attached hydrogens (primary N) is 1. The number of rotatable bonds is 10. The van der Waals surface area contributed by atoms with Gasteiger partial charge in [-0.2, -0.15) is 0 Å². The molecular formula is C13H29N3O. The highest BCUT2D eigenvalue weighted by Crippen LogP contribution is 2.03. The van der Waals surface area contributed by atoms with Gasteiger partial charge < -0.3 is 16.0 Å². The van der Waals surface area contributed by atoms with Crippen molar-refractivity contribution < 1.29 is 4.79 Å². The zero-order valence-electron chi connectivity index (χ0n) is 11.7. The Labute approximate surface area is 106 Å². The average molecular weight is 243 g/mol. The van der Waals surface area contributed by atoms with Crippen LogP contribution >= 0.6 is 0 Å². The Hall–Kier alpha value is -0.610. The van der Waals surface area contributed by atoms with Crippen LogP contribution in [0.3, 0.4) is 0 Å². The average Bonchev–Trinajstić information content (AvgIpc) is 2.34. The minimum atomic E-state index is -0.0127. The van der Waals surface area contributed by atoms with E-state index in [2.05, 4.69) is 31.0 Å². The molecule has 0 aliphatic heterocycles. The van der Waals surface area contributed by atoms with Crippen molar-refractivity contribution in [2.45, 2.75) is 40.0 Å². The van der Waals surface area contributed by atoms with Crippen LogP contribution in [0.4, 0.5) is 0 Å². The summed E-state index contributed by atoms with van der Waals surface area (Å²) >= 11 is 0. The third kappa shape index (κ3) is 7.34. The maximum atomic E-state index is 11.8. The van der Waals surface area contributed by atoms with Crippen molar-refractivity contribution in [3.63, 3.8) is 0 Å². The second-order valence-electron chi connectivity index (χ2n) is 4.45. The number of carbonyl (C=O) groups excluding carboxylic acids is 1. The monoisotopic (exact) mass is 243 g/mol. The van der Waals surface area contributed by atoms with Crippen LogP contribution in [0.5, 0.6) is 0 Å². The topological polar surface area (TPSA) is 58.4 Å². The van der Waals surface area contributed by atoms with E-state index in [-0.39, 0.29) is 11.8 Å². The quantitative estimate of drug-likeness (QED) is 0.606. The smallest absolute Gasteiger partial charge is 0.224 e. The molecule has 4 nitrogen and oxygen atoms in total. The van der Waals surface area contributed by atoms with Crippen molar-refractivity contribution in [3.8, 4) is 0 Å². The fraction of sp³-hybridized carbons (Fsp3) is 0.923. The van der Waals surface area contributed by atoms with Crippen molar-refractivity contribution >= 4 is 5.91 Å². The second-order valence-corrected chi connectivity index (χ2v) is 4.45. The number of hydrogen-bond donors (Lipinski definition) is 2. The first kappa shape index (κ1) is 16.4. The number of hydrogen-bond acceptors (Lipinski definition) is 3. The van der Waals surface area contributed by atoms with Gasteiger partial charge in [-0.3, -0.25) is 4.79 Å². The van der Waals surface area contributed by atoms with Gasteiger partial charge in [-0.05, 0) is 25.9 Å². The molecule has 0 saturated heterocycles. The highest BCUT2D eigenvalue weighted by molar-refractivity contribution is 5.78.